The molecule has 0 fully saturated rings. The largest absolute Gasteiger partial charge is 0.399 e. The van der Waals surface area contributed by atoms with E-state index in [1.807, 2.05) is 18.2 Å². The Hall–Kier alpha value is -1.52. The van der Waals surface area contributed by atoms with Gasteiger partial charge in [-0.05, 0) is 57.4 Å². The number of nitrogens with zero attached hydrogens (tertiary/aromatic N) is 1. The van der Waals surface area contributed by atoms with E-state index < -0.39 is 0 Å². The molecule has 2 aromatic carbocycles. The summed E-state index contributed by atoms with van der Waals surface area (Å²) in [5.41, 5.74) is 9.40. The number of amides is 1. The number of nitrogen functional groups attached to an aromatic ring is 1. The minimum absolute atomic E-state index is 0.00265. The SMILES string of the molecule is Nc1ccc2c(c1)CN(C(=O)c1ccc(Cl)c(Br)c1)C2. The average Bonchev–Trinajstić information content (AvgIpc) is 2.84. The second kappa shape index (κ2) is 5.11. The molecule has 3 rings (SSSR count). The topological polar surface area (TPSA) is 46.3 Å². The van der Waals surface area contributed by atoms with Crippen LogP contribution in [0.15, 0.2) is 40.9 Å². The van der Waals surface area contributed by atoms with E-state index in [9.17, 15) is 4.79 Å². The van der Waals surface area contributed by atoms with E-state index in [2.05, 4.69) is 15.9 Å². The summed E-state index contributed by atoms with van der Waals surface area (Å²) in [6.45, 7) is 1.22. The van der Waals surface area contributed by atoms with Crippen molar-refractivity contribution < 1.29 is 4.79 Å². The number of rotatable bonds is 1. The first kappa shape index (κ1) is 13.5. The van der Waals surface area contributed by atoms with Gasteiger partial charge in [0.2, 0.25) is 0 Å². The molecule has 1 aliphatic heterocycles. The third-order valence-electron chi connectivity index (χ3n) is 3.41. The Balaban J connectivity index is 1.85. The van der Waals surface area contributed by atoms with E-state index in [-0.39, 0.29) is 5.91 Å². The maximum absolute atomic E-state index is 12.5. The highest BCUT2D eigenvalue weighted by molar-refractivity contribution is 9.10. The van der Waals surface area contributed by atoms with E-state index >= 15 is 0 Å². The van der Waals surface area contributed by atoms with Gasteiger partial charge in [0.1, 0.15) is 0 Å². The van der Waals surface area contributed by atoms with E-state index in [4.69, 9.17) is 17.3 Å². The molecule has 0 saturated carbocycles. The number of nitrogens with two attached hydrogens (primary N) is 1. The van der Waals surface area contributed by atoms with Crippen molar-refractivity contribution in [1.82, 2.24) is 4.90 Å². The second-order valence-corrected chi connectivity index (χ2v) is 6.08. The van der Waals surface area contributed by atoms with Crippen LogP contribution in [0.25, 0.3) is 0 Å². The van der Waals surface area contributed by atoms with Gasteiger partial charge in [-0.15, -0.1) is 0 Å². The summed E-state index contributed by atoms with van der Waals surface area (Å²) in [4.78, 5) is 14.3. The zero-order valence-electron chi connectivity index (χ0n) is 10.6. The van der Waals surface area contributed by atoms with Crippen LogP contribution in [0.5, 0.6) is 0 Å². The zero-order chi connectivity index (χ0) is 14.3. The first-order chi connectivity index (χ1) is 9.54. The zero-order valence-corrected chi connectivity index (χ0v) is 12.9. The van der Waals surface area contributed by atoms with Crippen molar-refractivity contribution in [2.24, 2.45) is 0 Å². The predicted octanol–water partition coefficient (Wildman–Crippen LogP) is 3.84. The van der Waals surface area contributed by atoms with Crippen LogP contribution in [-0.4, -0.2) is 10.8 Å². The molecule has 102 valence electrons. The van der Waals surface area contributed by atoms with Crippen molar-refractivity contribution >= 4 is 39.1 Å². The molecule has 0 bridgehead atoms. The summed E-state index contributed by atoms with van der Waals surface area (Å²) in [6, 6.07) is 11.0. The van der Waals surface area contributed by atoms with Gasteiger partial charge in [0.15, 0.2) is 0 Å². The molecule has 1 aliphatic rings. The normalized spacial score (nSPS) is 13.4. The lowest BCUT2D eigenvalue weighted by atomic mass is 10.1. The highest BCUT2D eigenvalue weighted by atomic mass is 79.9. The first-order valence-corrected chi connectivity index (χ1v) is 7.33. The number of carbonyl (C=O) groups is 1. The second-order valence-electron chi connectivity index (χ2n) is 4.82. The van der Waals surface area contributed by atoms with Gasteiger partial charge in [0.25, 0.3) is 5.91 Å². The Bertz CT molecular complexity index is 702. The summed E-state index contributed by atoms with van der Waals surface area (Å²) < 4.78 is 0.728. The fraction of sp³-hybridized carbons (Fsp3) is 0.133. The molecular formula is C15H12BrClN2O. The number of benzene rings is 2. The predicted molar refractivity (Wildman–Crippen MR) is 83.6 cm³/mol. The molecule has 0 spiro atoms. The fourth-order valence-electron chi connectivity index (χ4n) is 2.37. The van der Waals surface area contributed by atoms with Crippen LogP contribution < -0.4 is 5.73 Å². The molecule has 3 nitrogen and oxygen atoms in total. The quantitative estimate of drug-likeness (QED) is 0.793. The standard InChI is InChI=1S/C15H12BrClN2O/c16-13-6-9(2-4-14(13)17)15(20)19-7-10-1-3-12(18)5-11(10)8-19/h1-6H,7-8,18H2. The number of anilines is 1. The third kappa shape index (κ3) is 2.41. The third-order valence-corrected chi connectivity index (χ3v) is 4.62. The van der Waals surface area contributed by atoms with Gasteiger partial charge in [0.05, 0.1) is 5.02 Å². The molecule has 1 amide bonds. The maximum Gasteiger partial charge on any atom is 0.254 e. The van der Waals surface area contributed by atoms with E-state index in [0.717, 1.165) is 21.3 Å². The van der Waals surface area contributed by atoms with Gasteiger partial charge in [-0.25, -0.2) is 0 Å². The molecule has 0 radical (unpaired) electrons. The summed E-state index contributed by atoms with van der Waals surface area (Å²) in [7, 11) is 0. The van der Waals surface area contributed by atoms with Gasteiger partial charge < -0.3 is 10.6 Å². The lowest BCUT2D eigenvalue weighted by Gasteiger charge is -2.15. The van der Waals surface area contributed by atoms with Crippen molar-refractivity contribution in [2.75, 3.05) is 5.73 Å². The fourth-order valence-corrected chi connectivity index (χ4v) is 2.87. The van der Waals surface area contributed by atoms with Crippen LogP contribution in [0, 0.1) is 0 Å². The Morgan fingerprint density at radius 1 is 1.15 bits per heavy atom. The van der Waals surface area contributed by atoms with Gasteiger partial charge >= 0.3 is 0 Å². The van der Waals surface area contributed by atoms with Crippen molar-refractivity contribution in [3.63, 3.8) is 0 Å². The van der Waals surface area contributed by atoms with Gasteiger partial charge in [0, 0.05) is 28.8 Å². The highest BCUT2D eigenvalue weighted by Gasteiger charge is 2.24. The van der Waals surface area contributed by atoms with Crippen molar-refractivity contribution in [1.29, 1.82) is 0 Å². The molecule has 20 heavy (non-hydrogen) atoms. The lowest BCUT2D eigenvalue weighted by Crippen LogP contribution is -2.25. The van der Waals surface area contributed by atoms with E-state index in [0.29, 0.717) is 23.7 Å². The van der Waals surface area contributed by atoms with Crippen LogP contribution in [0.4, 0.5) is 5.69 Å². The van der Waals surface area contributed by atoms with Gasteiger partial charge in [-0.2, -0.15) is 0 Å². The smallest absolute Gasteiger partial charge is 0.254 e. The first-order valence-electron chi connectivity index (χ1n) is 6.16. The molecule has 1 heterocycles. The van der Waals surface area contributed by atoms with Crippen LogP contribution >= 0.6 is 27.5 Å². The van der Waals surface area contributed by atoms with Crippen molar-refractivity contribution in [3.05, 3.63) is 62.6 Å². The molecule has 0 aromatic heterocycles. The van der Waals surface area contributed by atoms with Crippen molar-refractivity contribution in [3.8, 4) is 0 Å². The van der Waals surface area contributed by atoms with Crippen LogP contribution in [-0.2, 0) is 13.1 Å². The minimum atomic E-state index is -0.00265. The Morgan fingerprint density at radius 3 is 2.65 bits per heavy atom. The average molecular weight is 352 g/mol. The highest BCUT2D eigenvalue weighted by Crippen LogP contribution is 2.28. The molecule has 0 atom stereocenters. The van der Waals surface area contributed by atoms with Crippen molar-refractivity contribution in [2.45, 2.75) is 13.1 Å². The van der Waals surface area contributed by atoms with Crippen LogP contribution in [0.2, 0.25) is 5.02 Å². The van der Waals surface area contributed by atoms with Gasteiger partial charge in [-0.3, -0.25) is 4.79 Å². The van der Waals surface area contributed by atoms with Gasteiger partial charge in [-0.1, -0.05) is 17.7 Å². The number of carbonyl (C=O) groups excluding carboxylic acids is 1. The molecule has 0 aliphatic carbocycles. The number of hydrogen-bond donors (Lipinski definition) is 1. The minimum Gasteiger partial charge on any atom is -0.399 e. The Labute approximate surface area is 130 Å². The summed E-state index contributed by atoms with van der Waals surface area (Å²) >= 11 is 9.29. The monoisotopic (exact) mass is 350 g/mol. The lowest BCUT2D eigenvalue weighted by molar-refractivity contribution is 0.0751. The Morgan fingerprint density at radius 2 is 1.90 bits per heavy atom. The molecular weight excluding hydrogens is 340 g/mol. The van der Waals surface area contributed by atoms with E-state index in [1.165, 1.54) is 0 Å². The summed E-state index contributed by atoms with van der Waals surface area (Å²) in [6.07, 6.45) is 0. The molecule has 0 unspecified atom stereocenters. The Kier molecular flexibility index (Phi) is 3.44. The van der Waals surface area contributed by atoms with E-state index in [1.54, 1.807) is 23.1 Å². The number of hydrogen-bond acceptors (Lipinski definition) is 2. The van der Waals surface area contributed by atoms with Crippen LogP contribution in [0.1, 0.15) is 21.5 Å². The van der Waals surface area contributed by atoms with Crippen LogP contribution in [0.3, 0.4) is 0 Å². The molecule has 2 aromatic rings. The molecule has 2 N–H and O–H groups in total. The molecule has 0 saturated heterocycles. The summed E-state index contributed by atoms with van der Waals surface area (Å²) in [5.74, 6) is -0.00265. The number of fused-ring (bicyclic) bond motifs is 1. The maximum atomic E-state index is 12.5. The number of halogens is 2. The molecule has 5 heteroatoms. The summed E-state index contributed by atoms with van der Waals surface area (Å²) in [5, 5.41) is 0.596.